The normalized spacial score (nSPS) is 12.3. The average molecular weight is 183 g/mol. The smallest absolute Gasteiger partial charge is 0.218 e. The maximum absolute atomic E-state index is 10.5. The summed E-state index contributed by atoms with van der Waals surface area (Å²) in [5.74, 6) is -0.803. The zero-order chi connectivity index (χ0) is 8.97. The van der Waals surface area contributed by atoms with Crippen LogP contribution in [-0.4, -0.2) is 12.2 Å². The monoisotopic (exact) mass is 183 g/mol. The average Bonchev–Trinajstić information content (AvgIpc) is 2.51. The molecule has 12 heavy (non-hydrogen) atoms. The third-order valence-corrected chi connectivity index (χ3v) is 2.50. The van der Waals surface area contributed by atoms with Crippen LogP contribution in [0.5, 0.6) is 0 Å². The minimum atomic E-state index is -0.444. The van der Waals surface area contributed by atoms with Gasteiger partial charge in [0.05, 0.1) is 5.92 Å². The molecule has 0 radical (unpaired) electrons. The Labute approximate surface area is 74.2 Å². The molecule has 2 N–H and O–H groups in total. The number of carbonyl (C=O) groups excluding carboxylic acids is 2. The summed E-state index contributed by atoms with van der Waals surface area (Å²) in [5, 5.41) is 1.87. The molecule has 64 valence electrons. The quantitative estimate of drug-likeness (QED) is 0.705. The van der Waals surface area contributed by atoms with Crippen molar-refractivity contribution in [2.45, 2.75) is 12.3 Å². The minimum Gasteiger partial charge on any atom is -0.370 e. The van der Waals surface area contributed by atoms with Crippen molar-refractivity contribution in [3.8, 4) is 0 Å². The molecule has 0 fully saturated rings. The molecule has 0 aromatic carbocycles. The summed E-state index contributed by atoms with van der Waals surface area (Å²) < 4.78 is 0. The van der Waals surface area contributed by atoms with Crippen LogP contribution in [0.2, 0.25) is 0 Å². The van der Waals surface area contributed by atoms with E-state index in [2.05, 4.69) is 0 Å². The highest BCUT2D eigenvalue weighted by Crippen LogP contribution is 2.21. The summed E-state index contributed by atoms with van der Waals surface area (Å²) in [4.78, 5) is 22.0. The number of rotatable bonds is 4. The lowest BCUT2D eigenvalue weighted by molar-refractivity contribution is -0.120. The molecule has 4 heteroatoms. The lowest BCUT2D eigenvalue weighted by Gasteiger charge is -2.03. The van der Waals surface area contributed by atoms with Gasteiger partial charge in [0, 0.05) is 11.3 Å². The van der Waals surface area contributed by atoms with E-state index in [1.54, 1.807) is 0 Å². The number of hydrogen-bond acceptors (Lipinski definition) is 3. The van der Waals surface area contributed by atoms with Crippen LogP contribution in [0, 0.1) is 0 Å². The molecule has 3 nitrogen and oxygen atoms in total. The second kappa shape index (κ2) is 4.01. The molecule has 1 unspecified atom stereocenters. The van der Waals surface area contributed by atoms with Gasteiger partial charge < -0.3 is 10.5 Å². The first-order valence-electron chi connectivity index (χ1n) is 3.51. The van der Waals surface area contributed by atoms with E-state index in [4.69, 9.17) is 5.73 Å². The van der Waals surface area contributed by atoms with Gasteiger partial charge in [0.1, 0.15) is 6.29 Å². The summed E-state index contributed by atoms with van der Waals surface area (Å²) in [7, 11) is 0. The van der Waals surface area contributed by atoms with Crippen LogP contribution < -0.4 is 5.73 Å². The highest BCUT2D eigenvalue weighted by Gasteiger charge is 2.13. The lowest BCUT2D eigenvalue weighted by Crippen LogP contribution is -2.15. The zero-order valence-corrected chi connectivity index (χ0v) is 7.21. The van der Waals surface area contributed by atoms with Crippen LogP contribution in [-0.2, 0) is 9.59 Å². The Morgan fingerprint density at radius 2 is 2.50 bits per heavy atom. The molecule has 1 aromatic rings. The van der Waals surface area contributed by atoms with Gasteiger partial charge in [-0.2, -0.15) is 0 Å². The number of amides is 1. The maximum Gasteiger partial charge on any atom is 0.218 e. The first-order chi connectivity index (χ1) is 5.74. The molecule has 1 heterocycles. The first-order valence-corrected chi connectivity index (χ1v) is 4.39. The predicted molar refractivity (Wildman–Crippen MR) is 46.9 cm³/mol. The summed E-state index contributed by atoms with van der Waals surface area (Å²) in [6.45, 7) is 0. The predicted octanol–water partition coefficient (Wildman–Crippen LogP) is 0.906. The second-order valence-corrected chi connectivity index (χ2v) is 3.41. The summed E-state index contributed by atoms with van der Waals surface area (Å²) >= 11 is 1.46. The highest BCUT2D eigenvalue weighted by atomic mass is 32.1. The molecule has 0 aliphatic rings. The molecule has 1 amide bonds. The van der Waals surface area contributed by atoms with Gasteiger partial charge in [0.25, 0.3) is 0 Å². The molecule has 0 aliphatic heterocycles. The van der Waals surface area contributed by atoms with Crippen LogP contribution in [0.25, 0.3) is 0 Å². The first kappa shape index (κ1) is 8.93. The van der Waals surface area contributed by atoms with E-state index in [1.807, 2.05) is 17.5 Å². The number of primary amides is 1. The van der Waals surface area contributed by atoms with Crippen molar-refractivity contribution < 1.29 is 9.59 Å². The van der Waals surface area contributed by atoms with E-state index in [9.17, 15) is 9.59 Å². The van der Waals surface area contributed by atoms with Crippen molar-refractivity contribution in [1.29, 1.82) is 0 Å². The van der Waals surface area contributed by atoms with Crippen molar-refractivity contribution in [3.05, 3.63) is 22.4 Å². The molecule has 0 saturated carbocycles. The summed E-state index contributed by atoms with van der Waals surface area (Å²) in [6.07, 6.45) is 0.862. The van der Waals surface area contributed by atoms with Gasteiger partial charge in [0.2, 0.25) is 5.91 Å². The van der Waals surface area contributed by atoms with Crippen LogP contribution in [0.4, 0.5) is 0 Å². The Kier molecular flexibility index (Phi) is 2.99. The fourth-order valence-corrected chi connectivity index (χ4v) is 1.72. The molecule has 1 rings (SSSR count). The van der Waals surface area contributed by atoms with E-state index >= 15 is 0 Å². The van der Waals surface area contributed by atoms with Crippen molar-refractivity contribution in [2.75, 3.05) is 0 Å². The van der Waals surface area contributed by atoms with Gasteiger partial charge in [-0.15, -0.1) is 11.3 Å². The lowest BCUT2D eigenvalue weighted by atomic mass is 10.1. The molecule has 1 atom stereocenters. The fraction of sp³-hybridized carbons (Fsp3) is 0.250. The molecular weight excluding hydrogens is 174 g/mol. The van der Waals surface area contributed by atoms with Crippen molar-refractivity contribution >= 4 is 23.5 Å². The SMILES string of the molecule is NC(=O)CC(C=O)c1cccs1. The van der Waals surface area contributed by atoms with Crippen LogP contribution in [0.15, 0.2) is 17.5 Å². The largest absolute Gasteiger partial charge is 0.370 e. The van der Waals surface area contributed by atoms with E-state index in [-0.39, 0.29) is 12.3 Å². The molecule has 1 aromatic heterocycles. The van der Waals surface area contributed by atoms with E-state index in [1.165, 1.54) is 11.3 Å². The van der Waals surface area contributed by atoms with Gasteiger partial charge in [0.15, 0.2) is 0 Å². The van der Waals surface area contributed by atoms with Crippen molar-refractivity contribution in [2.24, 2.45) is 5.73 Å². The van der Waals surface area contributed by atoms with E-state index < -0.39 is 5.91 Å². The molecule has 0 spiro atoms. The van der Waals surface area contributed by atoms with Crippen LogP contribution in [0.3, 0.4) is 0 Å². The minimum absolute atomic E-state index is 0.101. The third-order valence-electron chi connectivity index (χ3n) is 1.49. The summed E-state index contributed by atoms with van der Waals surface area (Å²) in [5.41, 5.74) is 4.98. The van der Waals surface area contributed by atoms with Crippen LogP contribution in [0.1, 0.15) is 17.2 Å². The Morgan fingerprint density at radius 1 is 1.75 bits per heavy atom. The highest BCUT2D eigenvalue weighted by molar-refractivity contribution is 7.10. The van der Waals surface area contributed by atoms with Gasteiger partial charge >= 0.3 is 0 Å². The van der Waals surface area contributed by atoms with Crippen molar-refractivity contribution in [1.82, 2.24) is 0 Å². The Bertz CT molecular complexity index is 269. The zero-order valence-electron chi connectivity index (χ0n) is 6.40. The standard InChI is InChI=1S/C8H9NO2S/c9-8(11)4-6(5-10)7-2-1-3-12-7/h1-3,5-6H,4H2,(H2,9,11). The number of aldehydes is 1. The van der Waals surface area contributed by atoms with Crippen LogP contribution >= 0.6 is 11.3 Å². The van der Waals surface area contributed by atoms with Crippen molar-refractivity contribution in [3.63, 3.8) is 0 Å². The third kappa shape index (κ3) is 2.17. The molecular formula is C8H9NO2S. The number of thiophene rings is 1. The number of carbonyl (C=O) groups is 2. The van der Waals surface area contributed by atoms with Gasteiger partial charge in [-0.1, -0.05) is 6.07 Å². The molecule has 0 aliphatic carbocycles. The summed E-state index contributed by atoms with van der Waals surface area (Å²) in [6, 6.07) is 3.67. The van der Waals surface area contributed by atoms with Gasteiger partial charge in [-0.25, -0.2) is 0 Å². The Morgan fingerprint density at radius 3 is 2.92 bits per heavy atom. The maximum atomic E-state index is 10.5. The van der Waals surface area contributed by atoms with Gasteiger partial charge in [-0.3, -0.25) is 4.79 Å². The number of nitrogens with two attached hydrogens (primary N) is 1. The topological polar surface area (TPSA) is 60.2 Å². The number of hydrogen-bond donors (Lipinski definition) is 1. The Balaban J connectivity index is 2.69. The molecule has 0 bridgehead atoms. The second-order valence-electron chi connectivity index (χ2n) is 2.43. The van der Waals surface area contributed by atoms with E-state index in [0.717, 1.165) is 11.2 Å². The molecule has 0 saturated heterocycles. The van der Waals surface area contributed by atoms with E-state index in [0.29, 0.717) is 0 Å². The van der Waals surface area contributed by atoms with Gasteiger partial charge in [-0.05, 0) is 11.4 Å². The fourth-order valence-electron chi connectivity index (χ4n) is 0.935. The Hall–Kier alpha value is -1.16.